The Morgan fingerprint density at radius 3 is 2.50 bits per heavy atom. The molecule has 1 heterocycles. The van der Waals surface area contributed by atoms with Crippen molar-refractivity contribution in [2.45, 2.75) is 19.8 Å². The van der Waals surface area contributed by atoms with Crippen LogP contribution in [0.4, 0.5) is 0 Å². The number of hydrogen-bond donors (Lipinski definition) is 1. The minimum atomic E-state index is -0.433. The zero-order valence-corrected chi connectivity index (χ0v) is 7.24. The first-order valence-electron chi connectivity index (χ1n) is 3.87. The molecule has 0 aromatic carbocycles. The van der Waals surface area contributed by atoms with Gasteiger partial charge in [0.2, 0.25) is 5.91 Å². The number of amides is 1. The Bertz CT molecular complexity index is 277. The molecule has 0 aliphatic carbocycles. The van der Waals surface area contributed by atoms with Crippen molar-refractivity contribution in [3.63, 3.8) is 0 Å². The summed E-state index contributed by atoms with van der Waals surface area (Å²) in [4.78, 5) is 14.8. The molecule has 64 valence electrons. The van der Waals surface area contributed by atoms with Gasteiger partial charge in [0.1, 0.15) is 0 Å². The summed E-state index contributed by atoms with van der Waals surface area (Å²) >= 11 is 0. The summed E-state index contributed by atoms with van der Waals surface area (Å²) in [5, 5.41) is 0. The van der Waals surface area contributed by atoms with E-state index < -0.39 is 5.91 Å². The number of aromatic nitrogens is 1. The number of nitrogens with two attached hydrogens (primary N) is 1. The number of rotatable bonds is 2. The number of carbonyl (C=O) groups excluding carboxylic acids is 1. The molecule has 3 nitrogen and oxygen atoms in total. The van der Waals surface area contributed by atoms with Crippen LogP contribution < -0.4 is 5.73 Å². The highest BCUT2D eigenvalue weighted by molar-refractivity contribution is 5.92. The lowest BCUT2D eigenvalue weighted by atomic mass is 10.1. The molecule has 3 heteroatoms. The second-order valence-electron chi connectivity index (χ2n) is 2.99. The van der Waals surface area contributed by atoms with Gasteiger partial charge in [-0.05, 0) is 18.1 Å². The van der Waals surface area contributed by atoms with Crippen molar-refractivity contribution in [3.05, 3.63) is 29.6 Å². The van der Waals surface area contributed by atoms with E-state index in [1.807, 2.05) is 19.9 Å². The van der Waals surface area contributed by atoms with Crippen LogP contribution >= 0.6 is 0 Å². The molecular formula is C9H12N2O. The van der Waals surface area contributed by atoms with Crippen molar-refractivity contribution in [1.82, 2.24) is 4.98 Å². The standard InChI is InChI=1S/C9H12N2O/c1-6(2)8-4-3-7(5-11-8)9(10)12/h3-6H,1-2H3,(H2,10,12). The van der Waals surface area contributed by atoms with Gasteiger partial charge in [-0.1, -0.05) is 13.8 Å². The SMILES string of the molecule is CC(C)c1ccc(C(N)=O)cn1. The first kappa shape index (κ1) is 8.71. The molecule has 1 aromatic rings. The molecule has 0 saturated heterocycles. The Balaban J connectivity index is 2.93. The fourth-order valence-corrected chi connectivity index (χ4v) is 0.893. The van der Waals surface area contributed by atoms with Gasteiger partial charge in [-0.2, -0.15) is 0 Å². The third kappa shape index (κ3) is 1.81. The van der Waals surface area contributed by atoms with Crippen molar-refractivity contribution in [1.29, 1.82) is 0 Å². The first-order chi connectivity index (χ1) is 5.61. The van der Waals surface area contributed by atoms with Crippen LogP contribution in [0.25, 0.3) is 0 Å². The molecule has 0 radical (unpaired) electrons. The maximum Gasteiger partial charge on any atom is 0.250 e. The van der Waals surface area contributed by atoms with Gasteiger partial charge in [-0.3, -0.25) is 9.78 Å². The van der Waals surface area contributed by atoms with Gasteiger partial charge in [0.25, 0.3) is 0 Å². The van der Waals surface area contributed by atoms with Crippen molar-refractivity contribution in [2.24, 2.45) is 5.73 Å². The number of pyridine rings is 1. The molecule has 0 atom stereocenters. The summed E-state index contributed by atoms with van der Waals surface area (Å²) in [7, 11) is 0. The molecule has 1 aromatic heterocycles. The van der Waals surface area contributed by atoms with Crippen LogP contribution in [0.15, 0.2) is 18.3 Å². The highest BCUT2D eigenvalue weighted by Crippen LogP contribution is 2.10. The predicted molar refractivity (Wildman–Crippen MR) is 46.8 cm³/mol. The monoisotopic (exact) mass is 164 g/mol. The molecule has 0 spiro atoms. The fourth-order valence-electron chi connectivity index (χ4n) is 0.893. The van der Waals surface area contributed by atoms with Crippen LogP contribution in [0, 0.1) is 0 Å². The van der Waals surface area contributed by atoms with Crippen molar-refractivity contribution in [3.8, 4) is 0 Å². The summed E-state index contributed by atoms with van der Waals surface area (Å²) in [6.07, 6.45) is 1.51. The summed E-state index contributed by atoms with van der Waals surface area (Å²) < 4.78 is 0. The molecule has 0 unspecified atom stereocenters. The van der Waals surface area contributed by atoms with E-state index in [1.165, 1.54) is 6.20 Å². The van der Waals surface area contributed by atoms with Gasteiger partial charge in [-0.25, -0.2) is 0 Å². The predicted octanol–water partition coefficient (Wildman–Crippen LogP) is 1.30. The van der Waals surface area contributed by atoms with Gasteiger partial charge in [0, 0.05) is 11.9 Å². The number of hydrogen-bond acceptors (Lipinski definition) is 2. The molecule has 2 N–H and O–H groups in total. The van der Waals surface area contributed by atoms with Crippen LogP contribution in [-0.2, 0) is 0 Å². The van der Waals surface area contributed by atoms with Crippen molar-refractivity contribution < 1.29 is 4.79 Å². The third-order valence-electron chi connectivity index (χ3n) is 1.66. The molecule has 1 rings (SSSR count). The van der Waals surface area contributed by atoms with E-state index in [2.05, 4.69) is 4.98 Å². The Hall–Kier alpha value is -1.38. The lowest BCUT2D eigenvalue weighted by Crippen LogP contribution is -2.11. The fraction of sp³-hybridized carbons (Fsp3) is 0.333. The van der Waals surface area contributed by atoms with Crippen LogP contribution in [0.2, 0.25) is 0 Å². The van der Waals surface area contributed by atoms with Crippen LogP contribution in [0.3, 0.4) is 0 Å². The Morgan fingerprint density at radius 2 is 2.17 bits per heavy atom. The Morgan fingerprint density at radius 1 is 1.50 bits per heavy atom. The maximum atomic E-state index is 10.7. The summed E-state index contributed by atoms with van der Waals surface area (Å²) in [6, 6.07) is 3.52. The van der Waals surface area contributed by atoms with Crippen molar-refractivity contribution >= 4 is 5.91 Å². The van der Waals surface area contributed by atoms with Gasteiger partial charge in [-0.15, -0.1) is 0 Å². The Labute approximate surface area is 71.6 Å². The van der Waals surface area contributed by atoms with Crippen LogP contribution in [-0.4, -0.2) is 10.9 Å². The van der Waals surface area contributed by atoms with E-state index in [0.717, 1.165) is 5.69 Å². The lowest BCUT2D eigenvalue weighted by Gasteiger charge is -2.03. The van der Waals surface area contributed by atoms with Crippen LogP contribution in [0.1, 0.15) is 35.8 Å². The average Bonchev–Trinajstić information content (AvgIpc) is 2.04. The average molecular weight is 164 g/mol. The van der Waals surface area contributed by atoms with Crippen molar-refractivity contribution in [2.75, 3.05) is 0 Å². The van der Waals surface area contributed by atoms with E-state index in [0.29, 0.717) is 11.5 Å². The molecule has 0 saturated carbocycles. The third-order valence-corrected chi connectivity index (χ3v) is 1.66. The second-order valence-corrected chi connectivity index (χ2v) is 2.99. The molecule has 0 aliphatic heterocycles. The molecule has 1 amide bonds. The number of nitrogens with zero attached hydrogens (tertiary/aromatic N) is 1. The van der Waals surface area contributed by atoms with E-state index >= 15 is 0 Å². The summed E-state index contributed by atoms with van der Waals surface area (Å²) in [5.41, 5.74) is 6.49. The highest BCUT2D eigenvalue weighted by Gasteiger charge is 2.02. The highest BCUT2D eigenvalue weighted by atomic mass is 16.1. The second kappa shape index (κ2) is 3.34. The topological polar surface area (TPSA) is 56.0 Å². The first-order valence-corrected chi connectivity index (χ1v) is 3.87. The van der Waals surface area contributed by atoms with E-state index in [4.69, 9.17) is 5.73 Å². The zero-order valence-electron chi connectivity index (χ0n) is 7.24. The van der Waals surface area contributed by atoms with Gasteiger partial charge >= 0.3 is 0 Å². The lowest BCUT2D eigenvalue weighted by molar-refractivity contribution is 0.1000. The molecule has 0 aliphatic rings. The van der Waals surface area contributed by atoms with Gasteiger partial charge in [0.05, 0.1) is 5.56 Å². The number of carbonyl (C=O) groups is 1. The molecule has 0 bridgehead atoms. The van der Waals surface area contributed by atoms with E-state index in [1.54, 1.807) is 6.07 Å². The van der Waals surface area contributed by atoms with Crippen LogP contribution in [0.5, 0.6) is 0 Å². The maximum absolute atomic E-state index is 10.7. The Kier molecular flexibility index (Phi) is 2.43. The quantitative estimate of drug-likeness (QED) is 0.716. The van der Waals surface area contributed by atoms with E-state index in [-0.39, 0.29) is 0 Å². The molecule has 0 fully saturated rings. The van der Waals surface area contributed by atoms with Gasteiger partial charge < -0.3 is 5.73 Å². The molecular weight excluding hydrogens is 152 g/mol. The van der Waals surface area contributed by atoms with E-state index in [9.17, 15) is 4.79 Å². The zero-order chi connectivity index (χ0) is 9.14. The summed E-state index contributed by atoms with van der Waals surface area (Å²) in [6.45, 7) is 4.10. The smallest absolute Gasteiger partial charge is 0.250 e. The number of primary amides is 1. The molecule has 12 heavy (non-hydrogen) atoms. The minimum Gasteiger partial charge on any atom is -0.366 e. The van der Waals surface area contributed by atoms with Gasteiger partial charge in [0.15, 0.2) is 0 Å². The normalized spacial score (nSPS) is 10.2. The largest absolute Gasteiger partial charge is 0.366 e. The summed E-state index contributed by atoms with van der Waals surface area (Å²) in [5.74, 6) is -0.0512. The minimum absolute atomic E-state index is 0.381.